The van der Waals surface area contributed by atoms with Crippen molar-refractivity contribution < 1.29 is 14.5 Å². The Hall–Kier alpha value is -4.01. The van der Waals surface area contributed by atoms with E-state index in [1.54, 1.807) is 30.3 Å². The van der Waals surface area contributed by atoms with Gasteiger partial charge in [0.05, 0.1) is 23.3 Å². The van der Waals surface area contributed by atoms with Crippen LogP contribution in [0, 0.1) is 17.0 Å². The molecule has 9 nitrogen and oxygen atoms in total. The van der Waals surface area contributed by atoms with Crippen LogP contribution in [-0.4, -0.2) is 28.0 Å². The number of ether oxygens (including phenoxy) is 1. The molecule has 0 unspecified atom stereocenters. The van der Waals surface area contributed by atoms with Crippen molar-refractivity contribution in [2.75, 3.05) is 17.7 Å². The van der Waals surface area contributed by atoms with Gasteiger partial charge < -0.3 is 15.4 Å². The van der Waals surface area contributed by atoms with E-state index in [0.29, 0.717) is 11.4 Å². The van der Waals surface area contributed by atoms with Crippen LogP contribution in [0.5, 0.6) is 0 Å². The minimum Gasteiger partial charge on any atom is -0.465 e. The van der Waals surface area contributed by atoms with Gasteiger partial charge in [0, 0.05) is 5.69 Å². The van der Waals surface area contributed by atoms with E-state index in [1.807, 2.05) is 25.1 Å². The molecule has 2 aromatic carbocycles. The maximum Gasteiger partial charge on any atom is 0.353 e. The quantitative estimate of drug-likeness (QED) is 0.375. The van der Waals surface area contributed by atoms with Gasteiger partial charge in [-0.25, -0.2) is 14.8 Å². The monoisotopic (exact) mass is 379 g/mol. The molecule has 9 heteroatoms. The van der Waals surface area contributed by atoms with Crippen LogP contribution in [0.15, 0.2) is 54.9 Å². The molecule has 0 atom stereocenters. The molecular formula is C19H17N5O4. The lowest BCUT2D eigenvalue weighted by atomic mass is 10.2. The smallest absolute Gasteiger partial charge is 0.353 e. The van der Waals surface area contributed by atoms with Crippen LogP contribution in [0.25, 0.3) is 0 Å². The maximum absolute atomic E-state index is 11.9. The van der Waals surface area contributed by atoms with E-state index in [2.05, 4.69) is 20.6 Å². The van der Waals surface area contributed by atoms with Crippen molar-refractivity contribution in [1.29, 1.82) is 0 Å². The fourth-order valence-corrected chi connectivity index (χ4v) is 2.60. The van der Waals surface area contributed by atoms with Crippen LogP contribution < -0.4 is 10.6 Å². The number of aromatic nitrogens is 2. The van der Waals surface area contributed by atoms with Crippen molar-refractivity contribution >= 4 is 34.7 Å². The van der Waals surface area contributed by atoms with Gasteiger partial charge in [-0.1, -0.05) is 24.3 Å². The fraction of sp³-hybridized carbons (Fsp3) is 0.105. The molecule has 0 aliphatic heterocycles. The Bertz CT molecular complexity index is 1040. The summed E-state index contributed by atoms with van der Waals surface area (Å²) < 4.78 is 4.75. The number of para-hydroxylation sites is 1. The molecule has 0 amide bonds. The second kappa shape index (κ2) is 8.12. The number of anilines is 4. The number of nitrogens with one attached hydrogen (secondary N) is 2. The maximum atomic E-state index is 11.9. The molecule has 1 aromatic heterocycles. The number of benzene rings is 2. The molecule has 142 valence electrons. The average Bonchev–Trinajstić information content (AvgIpc) is 2.68. The molecule has 0 spiro atoms. The predicted octanol–water partition coefficient (Wildman–Crippen LogP) is 3.97. The van der Waals surface area contributed by atoms with Crippen molar-refractivity contribution in [3.63, 3.8) is 0 Å². The summed E-state index contributed by atoms with van der Waals surface area (Å²) in [6.07, 6.45) is 1.20. The number of carbonyl (C=O) groups excluding carboxylic acids is 1. The lowest BCUT2D eigenvalue weighted by Gasteiger charge is -2.12. The van der Waals surface area contributed by atoms with Gasteiger partial charge in [-0.2, -0.15) is 0 Å². The number of rotatable bonds is 6. The third-order valence-electron chi connectivity index (χ3n) is 3.87. The molecule has 0 aliphatic carbocycles. The lowest BCUT2D eigenvalue weighted by molar-refractivity contribution is -0.383. The molecule has 0 bridgehead atoms. The van der Waals surface area contributed by atoms with Gasteiger partial charge in [0.25, 0.3) is 0 Å². The van der Waals surface area contributed by atoms with Crippen molar-refractivity contribution in [2.45, 2.75) is 6.92 Å². The first-order valence-electron chi connectivity index (χ1n) is 8.27. The third-order valence-corrected chi connectivity index (χ3v) is 3.87. The third kappa shape index (κ3) is 4.04. The Balaban J connectivity index is 2.01. The van der Waals surface area contributed by atoms with E-state index in [0.717, 1.165) is 5.56 Å². The van der Waals surface area contributed by atoms with Crippen molar-refractivity contribution in [3.8, 4) is 0 Å². The van der Waals surface area contributed by atoms with Gasteiger partial charge in [0.2, 0.25) is 11.6 Å². The number of hydrogen-bond acceptors (Lipinski definition) is 8. The Labute approximate surface area is 160 Å². The predicted molar refractivity (Wildman–Crippen MR) is 104 cm³/mol. The number of carbonyl (C=O) groups is 1. The van der Waals surface area contributed by atoms with Crippen molar-refractivity contribution in [3.05, 3.63) is 76.1 Å². The SMILES string of the molecule is COC(=O)c1ccccc1Nc1ncnc(Nc2cccc(C)c2)c1[N+](=O)[O-]. The molecule has 3 aromatic rings. The summed E-state index contributed by atoms with van der Waals surface area (Å²) in [7, 11) is 1.26. The molecule has 3 rings (SSSR count). The summed E-state index contributed by atoms with van der Waals surface area (Å²) in [5, 5.41) is 17.5. The Morgan fingerprint density at radius 3 is 2.46 bits per heavy atom. The number of methoxy groups -OCH3 is 1. The topological polar surface area (TPSA) is 119 Å². The second-order valence-electron chi connectivity index (χ2n) is 5.83. The van der Waals surface area contributed by atoms with E-state index >= 15 is 0 Å². The Morgan fingerprint density at radius 1 is 1.07 bits per heavy atom. The number of hydrogen-bond donors (Lipinski definition) is 2. The van der Waals surface area contributed by atoms with Crippen molar-refractivity contribution in [1.82, 2.24) is 9.97 Å². The standard InChI is InChI=1S/C19H17N5O4/c1-12-6-5-7-13(10-12)22-17-16(24(26)27)18(21-11-20-17)23-15-9-4-3-8-14(15)19(25)28-2/h3-11H,1-2H3,(H2,20,21,22,23). The molecule has 1 heterocycles. The molecule has 0 saturated heterocycles. The number of nitrogens with zero attached hydrogens (tertiary/aromatic N) is 3. The average molecular weight is 379 g/mol. The van der Waals surface area contributed by atoms with E-state index in [9.17, 15) is 14.9 Å². The summed E-state index contributed by atoms with van der Waals surface area (Å²) in [4.78, 5) is 31.1. The van der Waals surface area contributed by atoms with E-state index < -0.39 is 10.9 Å². The van der Waals surface area contributed by atoms with Gasteiger partial charge in [-0.3, -0.25) is 10.1 Å². The highest BCUT2D eigenvalue weighted by atomic mass is 16.6. The molecular weight excluding hydrogens is 362 g/mol. The van der Waals surface area contributed by atoms with Gasteiger partial charge in [0.1, 0.15) is 6.33 Å². The summed E-state index contributed by atoms with van der Waals surface area (Å²) in [6.45, 7) is 1.91. The largest absolute Gasteiger partial charge is 0.465 e. The van der Waals surface area contributed by atoms with Crippen LogP contribution in [0.1, 0.15) is 15.9 Å². The summed E-state index contributed by atoms with van der Waals surface area (Å²) in [5.41, 5.74) is 1.86. The van der Waals surface area contributed by atoms with Crippen LogP contribution in [0.2, 0.25) is 0 Å². The first-order valence-corrected chi connectivity index (χ1v) is 8.27. The normalized spacial score (nSPS) is 10.2. The highest BCUT2D eigenvalue weighted by molar-refractivity contribution is 5.96. The first kappa shape index (κ1) is 18.8. The first-order chi connectivity index (χ1) is 13.5. The molecule has 0 radical (unpaired) electrons. The van der Waals surface area contributed by atoms with Crippen molar-refractivity contribution in [2.24, 2.45) is 0 Å². The summed E-state index contributed by atoms with van der Waals surface area (Å²) in [5.74, 6) is -0.590. The second-order valence-corrected chi connectivity index (χ2v) is 5.83. The van der Waals surface area contributed by atoms with Gasteiger partial charge in [0.15, 0.2) is 0 Å². The zero-order valence-corrected chi connectivity index (χ0v) is 15.2. The van der Waals surface area contributed by atoms with Gasteiger partial charge in [-0.15, -0.1) is 0 Å². The fourth-order valence-electron chi connectivity index (χ4n) is 2.60. The summed E-state index contributed by atoms with van der Waals surface area (Å²) >= 11 is 0. The van der Waals surface area contributed by atoms with Gasteiger partial charge >= 0.3 is 11.7 Å². The zero-order valence-electron chi connectivity index (χ0n) is 15.2. The minimum absolute atomic E-state index is 0.0312. The van der Waals surface area contributed by atoms with Crippen LogP contribution in [-0.2, 0) is 4.74 Å². The highest BCUT2D eigenvalue weighted by Gasteiger charge is 2.24. The summed E-state index contributed by atoms with van der Waals surface area (Å²) in [6, 6.07) is 13.9. The Morgan fingerprint density at radius 2 is 1.79 bits per heavy atom. The molecule has 28 heavy (non-hydrogen) atoms. The van der Waals surface area contributed by atoms with Gasteiger partial charge in [-0.05, 0) is 36.8 Å². The highest BCUT2D eigenvalue weighted by Crippen LogP contribution is 2.33. The molecule has 2 N–H and O–H groups in total. The molecule has 0 aliphatic rings. The van der Waals surface area contributed by atoms with Crippen LogP contribution in [0.3, 0.4) is 0 Å². The zero-order chi connectivity index (χ0) is 20.1. The van der Waals surface area contributed by atoms with E-state index in [1.165, 1.54) is 13.4 Å². The number of esters is 1. The molecule has 0 fully saturated rings. The van der Waals surface area contributed by atoms with E-state index in [-0.39, 0.29) is 22.9 Å². The molecule has 0 saturated carbocycles. The lowest BCUT2D eigenvalue weighted by Crippen LogP contribution is -2.09. The number of nitro groups is 1. The number of aryl methyl sites for hydroxylation is 1. The van der Waals surface area contributed by atoms with Crippen LogP contribution >= 0.6 is 0 Å². The Kier molecular flexibility index (Phi) is 5.45. The van der Waals surface area contributed by atoms with E-state index in [4.69, 9.17) is 4.74 Å². The minimum atomic E-state index is -0.582. The van der Waals surface area contributed by atoms with Crippen LogP contribution in [0.4, 0.5) is 28.7 Å².